The Morgan fingerprint density at radius 1 is 1.29 bits per heavy atom. The predicted molar refractivity (Wildman–Crippen MR) is 95.4 cm³/mol. The second-order valence-electron chi connectivity index (χ2n) is 8.14. The third-order valence-corrected chi connectivity index (χ3v) is 4.45. The molecule has 1 aromatic carbocycles. The average Bonchev–Trinajstić information content (AvgIpc) is 3.20. The highest BCUT2D eigenvalue weighted by Crippen LogP contribution is 2.48. The highest BCUT2D eigenvalue weighted by atomic mass is 16.2. The first-order valence-corrected chi connectivity index (χ1v) is 8.65. The molecular weight excluding hydrogens is 298 g/mol. The molecule has 1 amide bonds. The van der Waals surface area contributed by atoms with Gasteiger partial charge in [0.15, 0.2) is 0 Å². The summed E-state index contributed by atoms with van der Waals surface area (Å²) in [5.74, 6) is 0.729. The van der Waals surface area contributed by atoms with Crippen molar-refractivity contribution in [2.45, 2.75) is 39.7 Å². The van der Waals surface area contributed by atoms with Crippen LogP contribution in [0, 0.1) is 11.3 Å². The molecule has 2 atom stereocenters. The minimum atomic E-state index is 0.0864. The molecule has 0 bridgehead atoms. The maximum atomic E-state index is 13.1. The van der Waals surface area contributed by atoms with Gasteiger partial charge in [-0.1, -0.05) is 51.1 Å². The molecule has 0 radical (unpaired) electrons. The number of benzene rings is 1. The van der Waals surface area contributed by atoms with Crippen LogP contribution < -0.4 is 0 Å². The van der Waals surface area contributed by atoms with Crippen LogP contribution in [-0.4, -0.2) is 27.1 Å². The Kier molecular flexibility index (Phi) is 4.48. The van der Waals surface area contributed by atoms with Gasteiger partial charge in [-0.05, 0) is 28.9 Å². The third-order valence-electron chi connectivity index (χ3n) is 4.45. The summed E-state index contributed by atoms with van der Waals surface area (Å²) in [5.41, 5.74) is 2.46. The Morgan fingerprint density at radius 2 is 2.00 bits per heavy atom. The van der Waals surface area contributed by atoms with E-state index < -0.39 is 0 Å². The number of hydrogen-bond acceptors (Lipinski definition) is 2. The van der Waals surface area contributed by atoms with E-state index in [2.05, 4.69) is 38.0 Å². The SMILES string of the molecule is Cn1cc([C@H]2C[C@H]2C(=O)N(Cc2ccccc2)CC(C)(C)C)cn1. The minimum Gasteiger partial charge on any atom is -0.338 e. The molecule has 1 aliphatic carbocycles. The van der Waals surface area contributed by atoms with E-state index in [-0.39, 0.29) is 17.2 Å². The maximum Gasteiger partial charge on any atom is 0.226 e. The fourth-order valence-electron chi connectivity index (χ4n) is 3.29. The first kappa shape index (κ1) is 16.7. The summed E-state index contributed by atoms with van der Waals surface area (Å²) in [6, 6.07) is 10.3. The van der Waals surface area contributed by atoms with Crippen LogP contribution in [-0.2, 0) is 18.4 Å². The van der Waals surface area contributed by atoms with Crippen molar-refractivity contribution in [3.63, 3.8) is 0 Å². The summed E-state index contributed by atoms with van der Waals surface area (Å²) >= 11 is 0. The Labute approximate surface area is 144 Å². The molecule has 1 saturated carbocycles. The molecule has 0 unspecified atom stereocenters. The minimum absolute atomic E-state index is 0.0864. The van der Waals surface area contributed by atoms with Gasteiger partial charge < -0.3 is 4.90 Å². The van der Waals surface area contributed by atoms with Crippen molar-refractivity contribution in [1.29, 1.82) is 0 Å². The number of nitrogens with zero attached hydrogens (tertiary/aromatic N) is 3. The van der Waals surface area contributed by atoms with Crippen LogP contribution in [0.4, 0.5) is 0 Å². The number of amides is 1. The van der Waals surface area contributed by atoms with Gasteiger partial charge in [0, 0.05) is 32.3 Å². The van der Waals surface area contributed by atoms with E-state index in [0.717, 1.165) is 13.0 Å². The van der Waals surface area contributed by atoms with Crippen molar-refractivity contribution < 1.29 is 4.79 Å². The number of rotatable bonds is 5. The molecule has 0 spiro atoms. The average molecular weight is 325 g/mol. The zero-order valence-corrected chi connectivity index (χ0v) is 15.1. The summed E-state index contributed by atoms with van der Waals surface area (Å²) in [7, 11) is 1.92. The molecule has 24 heavy (non-hydrogen) atoms. The molecule has 0 aliphatic heterocycles. The lowest BCUT2D eigenvalue weighted by atomic mass is 9.95. The van der Waals surface area contributed by atoms with Crippen LogP contribution in [0.1, 0.15) is 44.2 Å². The van der Waals surface area contributed by atoms with Gasteiger partial charge in [-0.15, -0.1) is 0 Å². The lowest BCUT2D eigenvalue weighted by Gasteiger charge is -2.30. The van der Waals surface area contributed by atoms with E-state index in [0.29, 0.717) is 12.5 Å². The van der Waals surface area contributed by atoms with Crippen LogP contribution in [0.5, 0.6) is 0 Å². The largest absolute Gasteiger partial charge is 0.338 e. The van der Waals surface area contributed by atoms with E-state index in [1.54, 1.807) is 0 Å². The van der Waals surface area contributed by atoms with E-state index in [4.69, 9.17) is 0 Å². The zero-order valence-electron chi connectivity index (χ0n) is 15.1. The molecule has 1 aliphatic rings. The molecule has 0 saturated heterocycles. The normalized spacial score (nSPS) is 20.0. The smallest absolute Gasteiger partial charge is 0.226 e. The second kappa shape index (κ2) is 6.42. The quantitative estimate of drug-likeness (QED) is 0.842. The topological polar surface area (TPSA) is 38.1 Å². The van der Waals surface area contributed by atoms with Crippen molar-refractivity contribution in [2.24, 2.45) is 18.4 Å². The van der Waals surface area contributed by atoms with Gasteiger partial charge in [0.25, 0.3) is 0 Å². The van der Waals surface area contributed by atoms with Gasteiger partial charge in [-0.25, -0.2) is 0 Å². The van der Waals surface area contributed by atoms with Crippen molar-refractivity contribution in [2.75, 3.05) is 6.54 Å². The van der Waals surface area contributed by atoms with Gasteiger partial charge in [-0.2, -0.15) is 5.10 Å². The fourth-order valence-corrected chi connectivity index (χ4v) is 3.29. The summed E-state index contributed by atoms with van der Waals surface area (Å²) in [6.07, 6.45) is 4.87. The monoisotopic (exact) mass is 325 g/mol. The van der Waals surface area contributed by atoms with Gasteiger partial charge in [-0.3, -0.25) is 9.48 Å². The number of aromatic nitrogens is 2. The van der Waals surface area contributed by atoms with Crippen LogP contribution >= 0.6 is 0 Å². The van der Waals surface area contributed by atoms with Gasteiger partial charge >= 0.3 is 0 Å². The second-order valence-corrected chi connectivity index (χ2v) is 8.14. The molecule has 1 aromatic heterocycles. The molecule has 0 N–H and O–H groups in total. The standard InChI is InChI=1S/C20H27N3O/c1-20(2,3)14-23(12-15-8-6-5-7-9-15)19(24)18-10-17(18)16-11-21-22(4)13-16/h5-9,11,13,17-18H,10,12,14H2,1-4H3/t17-,18-/m1/s1. The van der Waals surface area contributed by atoms with Gasteiger partial charge in [0.05, 0.1) is 6.20 Å². The first-order chi connectivity index (χ1) is 11.3. The fraction of sp³-hybridized carbons (Fsp3) is 0.500. The first-order valence-electron chi connectivity index (χ1n) is 8.65. The maximum absolute atomic E-state index is 13.1. The summed E-state index contributed by atoms with van der Waals surface area (Å²) in [6.45, 7) is 8.02. The van der Waals surface area contributed by atoms with Gasteiger partial charge in [0.1, 0.15) is 0 Å². The molecule has 128 valence electrons. The number of carbonyl (C=O) groups is 1. The number of aryl methyl sites for hydroxylation is 1. The number of hydrogen-bond donors (Lipinski definition) is 0. The van der Waals surface area contributed by atoms with Crippen molar-refractivity contribution >= 4 is 5.91 Å². The van der Waals surface area contributed by atoms with Crippen molar-refractivity contribution in [1.82, 2.24) is 14.7 Å². The molecule has 4 heteroatoms. The van der Waals surface area contributed by atoms with E-state index in [1.807, 2.05) is 47.2 Å². The number of carbonyl (C=O) groups excluding carboxylic acids is 1. The Bertz CT molecular complexity index is 699. The lowest BCUT2D eigenvalue weighted by Crippen LogP contribution is -2.38. The summed E-state index contributed by atoms with van der Waals surface area (Å²) < 4.78 is 1.81. The van der Waals surface area contributed by atoms with Crippen molar-refractivity contribution in [3.8, 4) is 0 Å². The Hall–Kier alpha value is -2.10. The van der Waals surface area contributed by atoms with Gasteiger partial charge in [0.2, 0.25) is 5.91 Å². The molecule has 3 rings (SSSR count). The van der Waals surface area contributed by atoms with Crippen molar-refractivity contribution in [3.05, 3.63) is 53.9 Å². The van der Waals surface area contributed by atoms with Crippen LogP contribution in [0.2, 0.25) is 0 Å². The van der Waals surface area contributed by atoms with E-state index in [1.165, 1.54) is 11.1 Å². The molecule has 1 heterocycles. The Morgan fingerprint density at radius 3 is 2.58 bits per heavy atom. The summed E-state index contributed by atoms with van der Waals surface area (Å²) in [5, 5.41) is 4.24. The Balaban J connectivity index is 1.72. The zero-order chi connectivity index (χ0) is 17.3. The van der Waals surface area contributed by atoms with E-state index >= 15 is 0 Å². The lowest BCUT2D eigenvalue weighted by molar-refractivity contribution is -0.134. The highest BCUT2D eigenvalue weighted by molar-refractivity contribution is 5.83. The van der Waals surface area contributed by atoms with E-state index in [9.17, 15) is 4.79 Å². The van der Waals surface area contributed by atoms with Crippen LogP contribution in [0.15, 0.2) is 42.7 Å². The summed E-state index contributed by atoms with van der Waals surface area (Å²) in [4.78, 5) is 15.1. The molecule has 4 nitrogen and oxygen atoms in total. The molecule has 1 fully saturated rings. The predicted octanol–water partition coefficient (Wildman–Crippen LogP) is 3.60. The third kappa shape index (κ3) is 4.05. The van der Waals surface area contributed by atoms with Crippen LogP contribution in [0.25, 0.3) is 0 Å². The molecule has 2 aromatic rings. The van der Waals surface area contributed by atoms with Crippen LogP contribution in [0.3, 0.4) is 0 Å². The molecular formula is C20H27N3O. The highest BCUT2D eigenvalue weighted by Gasteiger charge is 2.46.